The van der Waals surface area contributed by atoms with Crippen LogP contribution in [0, 0.1) is 23.2 Å². The molecule has 1 heterocycles. The molecule has 3 heteroatoms. The number of ether oxygens (including phenoxy) is 1. The predicted octanol–water partition coefficient (Wildman–Crippen LogP) is 6.46. The summed E-state index contributed by atoms with van der Waals surface area (Å²) in [6.07, 6.45) is 7.00. The summed E-state index contributed by atoms with van der Waals surface area (Å²) in [5, 5.41) is 14.5. The number of aromatic hydroxyl groups is 1. The molecule has 0 bridgehead atoms. The van der Waals surface area contributed by atoms with Crippen LogP contribution in [0.15, 0.2) is 12.1 Å². The molecule has 0 amide bonds. The van der Waals surface area contributed by atoms with Crippen molar-refractivity contribution in [1.82, 2.24) is 5.32 Å². The lowest BCUT2D eigenvalue weighted by Crippen LogP contribution is -2.54. The number of aryl methyl sites for hydroxylation is 1. The Kier molecular flexibility index (Phi) is 7.11. The maximum atomic E-state index is 10.7. The third-order valence-corrected chi connectivity index (χ3v) is 8.49. The van der Waals surface area contributed by atoms with E-state index in [1.54, 1.807) is 0 Å². The molecule has 3 nitrogen and oxygen atoms in total. The molecule has 1 fully saturated rings. The van der Waals surface area contributed by atoms with Gasteiger partial charge < -0.3 is 15.2 Å². The Hall–Kier alpha value is -1.22. The third-order valence-electron chi connectivity index (χ3n) is 8.49. The first-order chi connectivity index (χ1) is 14.2. The van der Waals surface area contributed by atoms with Gasteiger partial charge in [-0.25, -0.2) is 0 Å². The van der Waals surface area contributed by atoms with Crippen LogP contribution in [0.2, 0.25) is 0 Å². The quantitative estimate of drug-likeness (QED) is 0.479. The molecule has 0 spiro atoms. The lowest BCUT2D eigenvalue weighted by atomic mass is 9.54. The second kappa shape index (κ2) is 9.10. The molecule has 5 atom stereocenters. The summed E-state index contributed by atoms with van der Waals surface area (Å²) < 4.78 is 6.65. The fraction of sp³-hybridized carbons (Fsp3) is 0.778. The zero-order chi connectivity index (χ0) is 22.1. The first-order valence-electron chi connectivity index (χ1n) is 12.4. The topological polar surface area (TPSA) is 41.5 Å². The molecule has 1 unspecified atom stereocenters. The Morgan fingerprint density at radius 1 is 1.20 bits per heavy atom. The van der Waals surface area contributed by atoms with Gasteiger partial charge in [-0.05, 0) is 80.0 Å². The van der Waals surface area contributed by atoms with E-state index in [1.807, 2.05) is 6.07 Å². The van der Waals surface area contributed by atoms with E-state index in [-0.39, 0.29) is 11.5 Å². The van der Waals surface area contributed by atoms with Gasteiger partial charge in [0.1, 0.15) is 6.10 Å². The van der Waals surface area contributed by atoms with Gasteiger partial charge in [0.05, 0.1) is 0 Å². The molecule has 1 saturated carbocycles. The number of phenolic OH excluding ortho intramolecular Hbond substituents is 1. The summed E-state index contributed by atoms with van der Waals surface area (Å²) in [4.78, 5) is 0. The molecular formula is C27H45NO2. The standard InChI is InChI=1S/C27H45NO2/c1-8-11-14-28-17-21-15-20(18(4)26(5,6)7)16-23-27(21,10-3)24-19(9-2)12-13-22(29)25(24)30-23/h12-13,18,20-21,23,28-29H,8-11,14-17H2,1-7H3/t18-,20+,21?,23+,27-/m1/s1. The Balaban J connectivity index is 2.03. The van der Waals surface area contributed by atoms with Gasteiger partial charge in [-0.2, -0.15) is 0 Å². The van der Waals surface area contributed by atoms with Crippen molar-refractivity contribution in [3.05, 3.63) is 23.3 Å². The van der Waals surface area contributed by atoms with Crippen molar-refractivity contribution in [2.75, 3.05) is 13.1 Å². The summed E-state index contributed by atoms with van der Waals surface area (Å²) in [6.45, 7) is 18.5. The normalized spacial score (nSPS) is 29.2. The molecular weight excluding hydrogens is 370 g/mol. The zero-order valence-electron chi connectivity index (χ0n) is 20.5. The molecule has 1 aliphatic heterocycles. The number of phenols is 1. The fourth-order valence-electron chi connectivity index (χ4n) is 6.27. The first kappa shape index (κ1) is 23.4. The second-order valence-electron chi connectivity index (χ2n) is 10.9. The van der Waals surface area contributed by atoms with Gasteiger partial charge in [0, 0.05) is 11.0 Å². The molecule has 2 N–H and O–H groups in total. The van der Waals surface area contributed by atoms with E-state index < -0.39 is 0 Å². The van der Waals surface area contributed by atoms with Crippen LogP contribution in [-0.4, -0.2) is 24.3 Å². The van der Waals surface area contributed by atoms with E-state index in [1.165, 1.54) is 30.4 Å². The van der Waals surface area contributed by atoms with E-state index in [4.69, 9.17) is 4.74 Å². The van der Waals surface area contributed by atoms with Crippen molar-refractivity contribution in [1.29, 1.82) is 0 Å². The van der Waals surface area contributed by atoms with Crippen molar-refractivity contribution in [3.63, 3.8) is 0 Å². The highest BCUT2D eigenvalue weighted by atomic mass is 16.5. The van der Waals surface area contributed by atoms with Crippen molar-refractivity contribution in [3.8, 4) is 11.5 Å². The lowest BCUT2D eigenvalue weighted by Gasteiger charge is -2.50. The van der Waals surface area contributed by atoms with Gasteiger partial charge in [-0.3, -0.25) is 0 Å². The number of nitrogens with one attached hydrogen (secondary N) is 1. The Morgan fingerprint density at radius 3 is 2.53 bits per heavy atom. The predicted molar refractivity (Wildman–Crippen MR) is 126 cm³/mol. The minimum absolute atomic E-state index is 0.00668. The van der Waals surface area contributed by atoms with Crippen LogP contribution in [0.1, 0.15) is 91.7 Å². The monoisotopic (exact) mass is 415 g/mol. The van der Waals surface area contributed by atoms with Gasteiger partial charge in [-0.15, -0.1) is 0 Å². The third kappa shape index (κ3) is 3.99. The number of fused-ring (bicyclic) bond motifs is 3. The van der Waals surface area contributed by atoms with Crippen molar-refractivity contribution < 1.29 is 9.84 Å². The Bertz CT molecular complexity index is 722. The second-order valence-corrected chi connectivity index (χ2v) is 10.9. The molecule has 0 saturated heterocycles. The lowest BCUT2D eigenvalue weighted by molar-refractivity contribution is -0.0112. The molecule has 0 aromatic heterocycles. The van der Waals surface area contributed by atoms with E-state index in [2.05, 4.69) is 59.8 Å². The van der Waals surface area contributed by atoms with Crippen LogP contribution in [-0.2, 0) is 11.8 Å². The maximum Gasteiger partial charge on any atom is 0.165 e. The summed E-state index contributed by atoms with van der Waals surface area (Å²) in [7, 11) is 0. The zero-order valence-corrected chi connectivity index (χ0v) is 20.5. The Morgan fingerprint density at radius 2 is 1.93 bits per heavy atom. The van der Waals surface area contributed by atoms with Crippen LogP contribution in [0.4, 0.5) is 0 Å². The Labute approximate surface area is 185 Å². The minimum Gasteiger partial charge on any atom is -0.504 e. The molecule has 2 aliphatic rings. The number of unbranched alkanes of at least 4 members (excludes halogenated alkanes) is 1. The van der Waals surface area contributed by atoms with Gasteiger partial charge in [0.25, 0.3) is 0 Å². The van der Waals surface area contributed by atoms with Crippen molar-refractivity contribution in [2.24, 2.45) is 23.2 Å². The van der Waals surface area contributed by atoms with Crippen LogP contribution in [0.25, 0.3) is 0 Å². The molecule has 1 aromatic rings. The maximum absolute atomic E-state index is 10.7. The van der Waals surface area contributed by atoms with Gasteiger partial charge in [0.2, 0.25) is 0 Å². The largest absolute Gasteiger partial charge is 0.504 e. The van der Waals surface area contributed by atoms with Crippen LogP contribution in [0.3, 0.4) is 0 Å². The number of rotatable bonds is 8. The van der Waals surface area contributed by atoms with Crippen molar-refractivity contribution in [2.45, 2.75) is 98.5 Å². The summed E-state index contributed by atoms with van der Waals surface area (Å²) in [5.41, 5.74) is 2.97. The highest BCUT2D eigenvalue weighted by Crippen LogP contribution is 2.60. The number of hydrogen-bond acceptors (Lipinski definition) is 3. The van der Waals surface area contributed by atoms with Crippen LogP contribution >= 0.6 is 0 Å². The minimum atomic E-state index is 0.00668. The van der Waals surface area contributed by atoms with Crippen LogP contribution < -0.4 is 10.1 Å². The first-order valence-corrected chi connectivity index (χ1v) is 12.4. The van der Waals surface area contributed by atoms with E-state index in [0.29, 0.717) is 28.9 Å². The van der Waals surface area contributed by atoms with Crippen molar-refractivity contribution >= 4 is 0 Å². The van der Waals surface area contributed by atoms with E-state index in [9.17, 15) is 5.11 Å². The van der Waals surface area contributed by atoms with Gasteiger partial charge in [-0.1, -0.05) is 61.0 Å². The average molecular weight is 416 g/mol. The van der Waals surface area contributed by atoms with E-state index in [0.717, 1.165) is 38.1 Å². The molecule has 0 radical (unpaired) electrons. The van der Waals surface area contributed by atoms with Crippen LogP contribution in [0.5, 0.6) is 11.5 Å². The number of hydrogen-bond donors (Lipinski definition) is 2. The highest BCUT2D eigenvalue weighted by molar-refractivity contribution is 5.58. The smallest absolute Gasteiger partial charge is 0.165 e. The SMILES string of the molecule is CCCCNCC1C[C@H]([C@@H](C)C(C)(C)C)C[C@@H]2Oc3c(O)ccc(CC)c3[C@]12CC. The molecule has 30 heavy (non-hydrogen) atoms. The molecule has 1 aromatic carbocycles. The number of benzene rings is 1. The summed E-state index contributed by atoms with van der Waals surface area (Å²) >= 11 is 0. The van der Waals surface area contributed by atoms with Gasteiger partial charge in [0.15, 0.2) is 11.5 Å². The molecule has 1 aliphatic carbocycles. The highest BCUT2D eigenvalue weighted by Gasteiger charge is 2.58. The van der Waals surface area contributed by atoms with E-state index >= 15 is 0 Å². The summed E-state index contributed by atoms with van der Waals surface area (Å²) in [6, 6.07) is 3.96. The average Bonchev–Trinajstić information content (AvgIpc) is 3.06. The summed E-state index contributed by atoms with van der Waals surface area (Å²) in [5.74, 6) is 2.92. The van der Waals surface area contributed by atoms with Gasteiger partial charge >= 0.3 is 0 Å². The fourth-order valence-corrected chi connectivity index (χ4v) is 6.27. The molecule has 3 rings (SSSR count). The molecule has 170 valence electrons.